The van der Waals surface area contributed by atoms with E-state index in [1.807, 2.05) is 12.4 Å². The van der Waals surface area contributed by atoms with Gasteiger partial charge in [-0.2, -0.15) is 0 Å². The van der Waals surface area contributed by atoms with Gasteiger partial charge in [0.25, 0.3) is 0 Å². The molecule has 3 nitrogen and oxygen atoms in total. The molecule has 0 spiro atoms. The molecule has 0 bridgehead atoms. The highest BCUT2D eigenvalue weighted by molar-refractivity contribution is 5.22. The predicted molar refractivity (Wildman–Crippen MR) is 77.1 cm³/mol. The van der Waals surface area contributed by atoms with Gasteiger partial charge in [0.1, 0.15) is 5.82 Å². The fourth-order valence-corrected chi connectivity index (χ4v) is 2.25. The maximum absolute atomic E-state index is 10.2. The molecule has 1 unspecified atom stereocenters. The van der Waals surface area contributed by atoms with Crippen LogP contribution in [0.1, 0.15) is 30.3 Å². The summed E-state index contributed by atoms with van der Waals surface area (Å²) in [5, 5.41) is 10.2. The van der Waals surface area contributed by atoms with E-state index in [0.29, 0.717) is 12.8 Å². The number of aliphatic hydroxyl groups is 1. The second kappa shape index (κ2) is 6.53. The lowest BCUT2D eigenvalue weighted by Crippen LogP contribution is -2.17. The van der Waals surface area contributed by atoms with E-state index in [2.05, 4.69) is 47.7 Å². The highest BCUT2D eigenvalue weighted by Gasteiger charge is 2.10. The van der Waals surface area contributed by atoms with E-state index >= 15 is 0 Å². The van der Waals surface area contributed by atoms with E-state index in [4.69, 9.17) is 0 Å². The van der Waals surface area contributed by atoms with Crippen molar-refractivity contribution in [3.63, 3.8) is 0 Å². The highest BCUT2D eigenvalue weighted by atomic mass is 16.3. The number of rotatable bonds is 6. The Morgan fingerprint density at radius 2 is 1.95 bits per heavy atom. The lowest BCUT2D eigenvalue weighted by atomic mass is 10.0. The Morgan fingerprint density at radius 3 is 2.63 bits per heavy atom. The number of aryl methyl sites for hydroxylation is 2. The summed E-state index contributed by atoms with van der Waals surface area (Å²) in [5.41, 5.74) is 2.42. The lowest BCUT2D eigenvalue weighted by Gasteiger charge is -2.12. The smallest absolute Gasteiger partial charge is 0.111 e. The van der Waals surface area contributed by atoms with Crippen molar-refractivity contribution in [2.75, 3.05) is 0 Å². The minimum Gasteiger partial charge on any atom is -0.392 e. The Bertz CT molecular complexity index is 502. The molecular weight excluding hydrogens is 236 g/mol. The molecule has 2 aromatic rings. The first-order chi connectivity index (χ1) is 9.19. The van der Waals surface area contributed by atoms with Crippen LogP contribution in [-0.2, 0) is 19.4 Å². The molecule has 0 fully saturated rings. The van der Waals surface area contributed by atoms with Crippen LogP contribution in [0, 0.1) is 6.92 Å². The van der Waals surface area contributed by atoms with Gasteiger partial charge < -0.3 is 9.67 Å². The molecule has 0 aliphatic rings. The third-order valence-electron chi connectivity index (χ3n) is 3.28. The van der Waals surface area contributed by atoms with Crippen molar-refractivity contribution in [2.24, 2.45) is 0 Å². The van der Waals surface area contributed by atoms with Crippen molar-refractivity contribution < 1.29 is 5.11 Å². The third kappa shape index (κ3) is 3.93. The first-order valence-electron chi connectivity index (χ1n) is 6.92. The molecule has 1 aromatic heterocycles. The Morgan fingerprint density at radius 1 is 1.21 bits per heavy atom. The van der Waals surface area contributed by atoms with Crippen molar-refractivity contribution in [1.29, 1.82) is 0 Å². The van der Waals surface area contributed by atoms with E-state index < -0.39 is 0 Å². The summed E-state index contributed by atoms with van der Waals surface area (Å²) >= 11 is 0. The normalized spacial score (nSPS) is 12.6. The number of benzene rings is 1. The number of hydrogen-bond donors (Lipinski definition) is 1. The van der Waals surface area contributed by atoms with E-state index in [1.54, 1.807) is 0 Å². The summed E-state index contributed by atoms with van der Waals surface area (Å²) in [4.78, 5) is 4.33. The summed E-state index contributed by atoms with van der Waals surface area (Å²) in [7, 11) is 0. The quantitative estimate of drug-likeness (QED) is 0.865. The van der Waals surface area contributed by atoms with Crippen molar-refractivity contribution in [1.82, 2.24) is 9.55 Å². The van der Waals surface area contributed by atoms with Crippen molar-refractivity contribution in [2.45, 2.75) is 45.8 Å². The van der Waals surface area contributed by atoms with Gasteiger partial charge in [0.05, 0.1) is 6.10 Å². The zero-order chi connectivity index (χ0) is 13.7. The first kappa shape index (κ1) is 13.8. The standard InChI is InChI=1S/C16H22N2O/c1-3-9-18-10-8-17-16(18)12-15(19)11-14-6-4-13(2)5-7-14/h4-8,10,15,19H,3,9,11-12H2,1-2H3. The molecule has 0 saturated carbocycles. The van der Waals surface area contributed by atoms with Crippen molar-refractivity contribution >= 4 is 0 Å². The summed E-state index contributed by atoms with van der Waals surface area (Å²) < 4.78 is 2.12. The van der Waals surface area contributed by atoms with Gasteiger partial charge in [-0.1, -0.05) is 36.8 Å². The number of hydrogen-bond acceptors (Lipinski definition) is 2. The van der Waals surface area contributed by atoms with E-state index in [0.717, 1.165) is 18.8 Å². The molecule has 0 saturated heterocycles. The zero-order valence-corrected chi connectivity index (χ0v) is 11.7. The monoisotopic (exact) mass is 258 g/mol. The van der Waals surface area contributed by atoms with E-state index in [1.165, 1.54) is 11.1 Å². The largest absolute Gasteiger partial charge is 0.392 e. The van der Waals surface area contributed by atoms with Gasteiger partial charge in [-0.15, -0.1) is 0 Å². The molecule has 0 radical (unpaired) electrons. The van der Waals surface area contributed by atoms with Gasteiger partial charge in [0, 0.05) is 25.4 Å². The maximum Gasteiger partial charge on any atom is 0.111 e. The Hall–Kier alpha value is -1.61. The van der Waals surface area contributed by atoms with Crippen LogP contribution in [0.5, 0.6) is 0 Å². The van der Waals surface area contributed by atoms with Gasteiger partial charge >= 0.3 is 0 Å². The molecule has 102 valence electrons. The zero-order valence-electron chi connectivity index (χ0n) is 11.7. The minimum absolute atomic E-state index is 0.374. The van der Waals surface area contributed by atoms with Gasteiger partial charge in [-0.05, 0) is 25.3 Å². The van der Waals surface area contributed by atoms with E-state index in [9.17, 15) is 5.11 Å². The summed E-state index contributed by atoms with van der Waals surface area (Å²) in [6.45, 7) is 5.18. The Kier molecular flexibility index (Phi) is 4.74. The van der Waals surface area contributed by atoms with Crippen LogP contribution in [0.25, 0.3) is 0 Å². The van der Waals surface area contributed by atoms with Crippen molar-refractivity contribution in [3.8, 4) is 0 Å². The second-order valence-electron chi connectivity index (χ2n) is 5.08. The average Bonchev–Trinajstić information content (AvgIpc) is 2.80. The van der Waals surface area contributed by atoms with Gasteiger partial charge in [0.15, 0.2) is 0 Å². The van der Waals surface area contributed by atoms with Crippen molar-refractivity contribution in [3.05, 3.63) is 53.6 Å². The Balaban J connectivity index is 1.95. The fourth-order valence-electron chi connectivity index (χ4n) is 2.25. The minimum atomic E-state index is -0.374. The molecule has 1 aromatic carbocycles. The van der Waals surface area contributed by atoms with Gasteiger partial charge in [-0.25, -0.2) is 4.98 Å². The number of imidazole rings is 1. The molecule has 0 aliphatic heterocycles. The van der Waals surface area contributed by atoms with Crippen LogP contribution in [0.2, 0.25) is 0 Å². The fraction of sp³-hybridized carbons (Fsp3) is 0.438. The van der Waals surface area contributed by atoms with Crippen LogP contribution in [-0.4, -0.2) is 20.8 Å². The first-order valence-corrected chi connectivity index (χ1v) is 6.92. The molecule has 0 aliphatic carbocycles. The molecule has 1 N–H and O–H groups in total. The maximum atomic E-state index is 10.2. The van der Waals surface area contributed by atoms with Crippen LogP contribution < -0.4 is 0 Å². The predicted octanol–water partition coefficient (Wildman–Crippen LogP) is 2.75. The topological polar surface area (TPSA) is 38.0 Å². The third-order valence-corrected chi connectivity index (χ3v) is 3.28. The Labute approximate surface area is 114 Å². The van der Waals surface area contributed by atoms with Crippen LogP contribution >= 0.6 is 0 Å². The van der Waals surface area contributed by atoms with Gasteiger partial charge in [-0.3, -0.25) is 0 Å². The van der Waals surface area contributed by atoms with Crippen LogP contribution in [0.3, 0.4) is 0 Å². The summed E-state index contributed by atoms with van der Waals surface area (Å²) in [6, 6.07) is 8.33. The molecular formula is C16H22N2O. The molecule has 1 atom stereocenters. The molecule has 1 heterocycles. The molecule has 19 heavy (non-hydrogen) atoms. The van der Waals surface area contributed by atoms with Gasteiger partial charge in [0.2, 0.25) is 0 Å². The number of nitrogens with zero attached hydrogens (tertiary/aromatic N) is 2. The van der Waals surface area contributed by atoms with Crippen LogP contribution in [0.15, 0.2) is 36.7 Å². The number of aliphatic hydroxyl groups excluding tert-OH is 1. The lowest BCUT2D eigenvalue weighted by molar-refractivity contribution is 0.171. The van der Waals surface area contributed by atoms with Crippen LogP contribution in [0.4, 0.5) is 0 Å². The SMILES string of the molecule is CCCn1ccnc1CC(O)Cc1ccc(C)cc1. The average molecular weight is 258 g/mol. The number of aromatic nitrogens is 2. The summed E-state index contributed by atoms with van der Waals surface area (Å²) in [6.07, 6.45) is 5.79. The molecule has 3 heteroatoms. The molecule has 2 rings (SSSR count). The summed E-state index contributed by atoms with van der Waals surface area (Å²) in [5.74, 6) is 0.974. The van der Waals surface area contributed by atoms with E-state index in [-0.39, 0.29) is 6.10 Å². The second-order valence-corrected chi connectivity index (χ2v) is 5.08. The highest BCUT2D eigenvalue weighted by Crippen LogP contribution is 2.10. The molecule has 0 amide bonds.